The van der Waals surface area contributed by atoms with Gasteiger partial charge in [0.15, 0.2) is 6.10 Å². The van der Waals surface area contributed by atoms with Crippen LogP contribution in [0.3, 0.4) is 0 Å². The van der Waals surface area contributed by atoms with Crippen LogP contribution in [0.4, 0.5) is 17.6 Å². The summed E-state index contributed by atoms with van der Waals surface area (Å²) in [6.45, 7) is 2.58. The lowest BCUT2D eigenvalue weighted by atomic mass is 10.2. The number of hydrogen-bond donors (Lipinski definition) is 2. The fraction of sp³-hybridized carbons (Fsp3) is 0.267. The van der Waals surface area contributed by atoms with Crippen molar-refractivity contribution in [3.8, 4) is 11.4 Å². The molecule has 11 heteroatoms. The van der Waals surface area contributed by atoms with Crippen LogP contribution in [-0.4, -0.2) is 26.7 Å². The highest BCUT2D eigenvalue weighted by Gasteiger charge is 2.33. The first kappa shape index (κ1) is 19.2. The number of hydrogen-bond acceptors (Lipinski definition) is 4. The van der Waals surface area contributed by atoms with E-state index in [1.807, 2.05) is 0 Å². The summed E-state index contributed by atoms with van der Waals surface area (Å²) in [4.78, 5) is 36.1. The fourth-order valence-electron chi connectivity index (χ4n) is 2.06. The molecule has 0 aliphatic heterocycles. The third kappa shape index (κ3) is 3.76. The molecule has 0 aliphatic carbocycles. The number of alkyl halides is 3. The molecule has 1 heterocycles. The highest BCUT2D eigenvalue weighted by atomic mass is 19.4. The van der Waals surface area contributed by atoms with Gasteiger partial charge in [-0.05, 0) is 25.5 Å². The zero-order valence-corrected chi connectivity index (χ0v) is 13.3. The molecule has 26 heavy (non-hydrogen) atoms. The third-order valence-electron chi connectivity index (χ3n) is 3.38. The molecule has 7 nitrogen and oxygen atoms in total. The second kappa shape index (κ2) is 6.65. The smallest absolute Gasteiger partial charge is 0.431 e. The maximum Gasteiger partial charge on any atom is 0.431 e. The van der Waals surface area contributed by atoms with E-state index < -0.39 is 46.7 Å². The summed E-state index contributed by atoms with van der Waals surface area (Å²) in [6.07, 6.45) is -6.29. The number of nitrogens with zero attached hydrogens (tertiary/aromatic N) is 1. The van der Waals surface area contributed by atoms with E-state index in [1.54, 1.807) is 0 Å². The van der Waals surface area contributed by atoms with Crippen molar-refractivity contribution in [1.82, 2.24) is 9.55 Å². The van der Waals surface area contributed by atoms with Gasteiger partial charge in [0.05, 0.1) is 5.69 Å². The maximum absolute atomic E-state index is 14.2. The van der Waals surface area contributed by atoms with E-state index in [0.717, 1.165) is 12.1 Å². The van der Waals surface area contributed by atoms with E-state index in [1.165, 1.54) is 18.8 Å². The summed E-state index contributed by atoms with van der Waals surface area (Å²) in [7, 11) is 0. The molecule has 0 bridgehead atoms. The number of carboxylic acids is 1. The van der Waals surface area contributed by atoms with Gasteiger partial charge in [0, 0.05) is 12.1 Å². The Morgan fingerprint density at radius 1 is 1.27 bits per heavy atom. The number of nitrogens with one attached hydrogen (secondary N) is 1. The van der Waals surface area contributed by atoms with Crippen LogP contribution in [0.1, 0.15) is 18.2 Å². The van der Waals surface area contributed by atoms with E-state index in [9.17, 15) is 31.9 Å². The molecule has 0 saturated carbocycles. The molecule has 0 unspecified atom stereocenters. The van der Waals surface area contributed by atoms with Crippen LogP contribution in [0.25, 0.3) is 5.69 Å². The Hall–Kier alpha value is -3.11. The van der Waals surface area contributed by atoms with Gasteiger partial charge in [0.25, 0.3) is 5.56 Å². The van der Waals surface area contributed by atoms with Crippen LogP contribution < -0.4 is 16.0 Å². The zero-order chi connectivity index (χ0) is 19.8. The Morgan fingerprint density at radius 2 is 1.88 bits per heavy atom. The Labute approximate surface area is 142 Å². The van der Waals surface area contributed by atoms with Crippen molar-refractivity contribution >= 4 is 5.97 Å². The van der Waals surface area contributed by atoms with Gasteiger partial charge in [0.1, 0.15) is 17.3 Å². The van der Waals surface area contributed by atoms with Gasteiger partial charge in [-0.3, -0.25) is 4.79 Å². The molecular formula is C15H12F4N2O5. The molecule has 1 aromatic heterocycles. The maximum atomic E-state index is 14.2. The van der Waals surface area contributed by atoms with Crippen molar-refractivity contribution in [2.75, 3.05) is 0 Å². The van der Waals surface area contributed by atoms with Crippen molar-refractivity contribution in [3.05, 3.63) is 56.1 Å². The molecule has 0 aliphatic rings. The quantitative estimate of drug-likeness (QED) is 0.793. The van der Waals surface area contributed by atoms with E-state index in [0.29, 0.717) is 0 Å². The first-order valence-corrected chi connectivity index (χ1v) is 7.05. The summed E-state index contributed by atoms with van der Waals surface area (Å²) in [5, 5.41) is 8.85. The zero-order valence-electron chi connectivity index (χ0n) is 13.3. The number of aliphatic carboxylic acids is 1. The number of aromatic amines is 1. The molecule has 1 atom stereocenters. The highest BCUT2D eigenvalue weighted by Crippen LogP contribution is 2.27. The van der Waals surface area contributed by atoms with Gasteiger partial charge >= 0.3 is 17.8 Å². The largest absolute Gasteiger partial charge is 0.479 e. The van der Waals surface area contributed by atoms with Crippen LogP contribution in [0, 0.1) is 12.7 Å². The van der Waals surface area contributed by atoms with Crippen LogP contribution in [0.2, 0.25) is 0 Å². The lowest BCUT2D eigenvalue weighted by Crippen LogP contribution is -2.36. The highest BCUT2D eigenvalue weighted by molar-refractivity contribution is 5.72. The summed E-state index contributed by atoms with van der Waals surface area (Å²) < 4.78 is 57.4. The number of ether oxygens (including phenoxy) is 1. The van der Waals surface area contributed by atoms with Crippen LogP contribution in [-0.2, 0) is 11.0 Å². The second-order valence-corrected chi connectivity index (χ2v) is 5.33. The minimum Gasteiger partial charge on any atom is -0.479 e. The number of rotatable bonds is 4. The predicted octanol–water partition coefficient (Wildman–Crippen LogP) is 1.84. The van der Waals surface area contributed by atoms with Crippen molar-refractivity contribution < 1.29 is 32.2 Å². The second-order valence-electron chi connectivity index (χ2n) is 5.33. The molecule has 0 amide bonds. The summed E-state index contributed by atoms with van der Waals surface area (Å²) in [6, 6.07) is 1.85. The normalized spacial score (nSPS) is 12.7. The Kier molecular flexibility index (Phi) is 4.92. The molecule has 2 N–H and O–H groups in total. The lowest BCUT2D eigenvalue weighted by molar-refractivity contribution is -0.144. The first-order chi connectivity index (χ1) is 11.9. The molecule has 0 saturated heterocycles. The number of benzene rings is 1. The Balaban J connectivity index is 2.64. The monoisotopic (exact) mass is 376 g/mol. The predicted molar refractivity (Wildman–Crippen MR) is 80.1 cm³/mol. The summed E-state index contributed by atoms with van der Waals surface area (Å²) >= 11 is 0. The SMILES string of the molecule is Cc1cc(F)c(-n2c(=O)cc(C(F)(F)F)[nH]c2=O)cc1O[C@H](C)C(=O)O. The van der Waals surface area contributed by atoms with Crippen molar-refractivity contribution in [2.45, 2.75) is 26.1 Å². The van der Waals surface area contributed by atoms with Crippen LogP contribution >= 0.6 is 0 Å². The molecule has 0 spiro atoms. The van der Waals surface area contributed by atoms with Gasteiger partial charge in [-0.2, -0.15) is 13.2 Å². The molecule has 2 aromatic rings. The molecule has 1 aromatic carbocycles. The van der Waals surface area contributed by atoms with Gasteiger partial charge < -0.3 is 14.8 Å². The van der Waals surface area contributed by atoms with E-state index >= 15 is 0 Å². The van der Waals surface area contributed by atoms with E-state index in [-0.39, 0.29) is 21.9 Å². The van der Waals surface area contributed by atoms with Crippen molar-refractivity contribution in [1.29, 1.82) is 0 Å². The van der Waals surface area contributed by atoms with Gasteiger partial charge in [-0.25, -0.2) is 18.5 Å². The number of aromatic nitrogens is 2. The van der Waals surface area contributed by atoms with Gasteiger partial charge in [0.2, 0.25) is 0 Å². The van der Waals surface area contributed by atoms with Crippen molar-refractivity contribution in [3.63, 3.8) is 0 Å². The van der Waals surface area contributed by atoms with Crippen LogP contribution in [0.15, 0.2) is 27.8 Å². The number of aryl methyl sites for hydroxylation is 1. The lowest BCUT2D eigenvalue weighted by Gasteiger charge is -2.15. The topological polar surface area (TPSA) is 101 Å². The molecule has 2 rings (SSSR count). The number of carbonyl (C=O) groups is 1. The fourth-order valence-corrected chi connectivity index (χ4v) is 2.06. The average Bonchev–Trinajstić information content (AvgIpc) is 2.49. The first-order valence-electron chi connectivity index (χ1n) is 7.05. The minimum absolute atomic E-state index is 0.112. The number of H-pyrrole nitrogens is 1. The molecule has 0 radical (unpaired) electrons. The molecule has 140 valence electrons. The van der Waals surface area contributed by atoms with Gasteiger partial charge in [-0.15, -0.1) is 0 Å². The molecular weight excluding hydrogens is 364 g/mol. The molecule has 0 fully saturated rings. The average molecular weight is 376 g/mol. The third-order valence-corrected chi connectivity index (χ3v) is 3.38. The van der Waals surface area contributed by atoms with Crippen molar-refractivity contribution in [2.24, 2.45) is 0 Å². The summed E-state index contributed by atoms with van der Waals surface area (Å²) in [5.74, 6) is -2.55. The Bertz CT molecular complexity index is 946. The number of carboxylic acid groups (broad SMARTS) is 1. The Morgan fingerprint density at radius 3 is 2.38 bits per heavy atom. The number of halogens is 4. The van der Waals surface area contributed by atoms with Gasteiger partial charge in [-0.1, -0.05) is 0 Å². The standard InChI is InChI=1S/C15H12F4N2O5/c1-6-3-8(16)9(4-10(6)26-7(2)13(23)24)21-12(22)5-11(15(17,18)19)20-14(21)25/h3-5,7H,1-2H3,(H,20,25)(H,23,24)/t7-/m1/s1. The minimum atomic E-state index is -4.96. The van der Waals surface area contributed by atoms with Crippen LogP contribution in [0.5, 0.6) is 5.75 Å². The van der Waals surface area contributed by atoms with E-state index in [4.69, 9.17) is 9.84 Å². The van der Waals surface area contributed by atoms with E-state index in [2.05, 4.69) is 0 Å². The summed E-state index contributed by atoms with van der Waals surface area (Å²) in [5.41, 5.74) is -5.02.